The Kier molecular flexibility index (Phi) is 4.71. The number of anilines is 1. The van der Waals surface area contributed by atoms with Crippen LogP contribution in [0.1, 0.15) is 41.0 Å². The molecule has 0 saturated heterocycles. The Labute approximate surface area is 191 Å². The zero-order valence-electron chi connectivity index (χ0n) is 17.6. The summed E-state index contributed by atoms with van der Waals surface area (Å²) in [5.41, 5.74) is 1.50. The number of fused-ring (bicyclic) bond motifs is 2. The van der Waals surface area contributed by atoms with E-state index in [1.807, 2.05) is 19.2 Å². The second-order valence-electron chi connectivity index (χ2n) is 8.18. The molecule has 1 N–H and O–H groups in total. The topological polar surface area (TPSA) is 129 Å². The number of non-ortho nitro benzene ring substituents is 1. The van der Waals surface area contributed by atoms with Gasteiger partial charge in [0, 0.05) is 28.6 Å². The predicted octanol–water partition coefficient (Wildman–Crippen LogP) is 4.36. The molecule has 1 aliphatic rings. The summed E-state index contributed by atoms with van der Waals surface area (Å²) in [6.07, 6.45) is 0.232. The second kappa shape index (κ2) is 7.48. The van der Waals surface area contributed by atoms with Crippen LogP contribution < -0.4 is 10.1 Å². The van der Waals surface area contributed by atoms with Gasteiger partial charge in [0.2, 0.25) is 4.96 Å². The van der Waals surface area contributed by atoms with E-state index in [0.29, 0.717) is 27.5 Å². The first-order valence-electron chi connectivity index (χ1n) is 9.97. The number of thiazole rings is 1. The first-order valence-corrected chi connectivity index (χ1v) is 10.8. The minimum Gasteiger partial charge on any atom is -0.487 e. The minimum absolute atomic E-state index is 0.00531. The van der Waals surface area contributed by atoms with Crippen molar-refractivity contribution >= 4 is 39.6 Å². The number of nitrogens with one attached hydrogen (secondary N) is 1. The molecule has 166 valence electrons. The first-order chi connectivity index (χ1) is 15.7. The molecule has 0 unspecified atom stereocenters. The van der Waals surface area contributed by atoms with Gasteiger partial charge in [-0.1, -0.05) is 0 Å². The van der Waals surface area contributed by atoms with Gasteiger partial charge in [0.25, 0.3) is 17.5 Å². The maximum atomic E-state index is 12.8. The van der Waals surface area contributed by atoms with Gasteiger partial charge in [0.15, 0.2) is 5.78 Å². The maximum Gasteiger partial charge on any atom is 0.269 e. The molecular formula is C22H17N5O5S. The van der Waals surface area contributed by atoms with Crippen LogP contribution in [0.4, 0.5) is 11.6 Å². The lowest BCUT2D eigenvalue weighted by atomic mass is 9.92. The SMILES string of the molecule is CC1(C)CC(=O)c2cc(C(=O)Nc3nc4scc(-c5ccc([N+](=O)[O-])cc5)n4n3)ccc2O1. The number of carbonyl (C=O) groups is 2. The number of ether oxygens (including phenoxy) is 1. The summed E-state index contributed by atoms with van der Waals surface area (Å²) in [7, 11) is 0. The average molecular weight is 463 g/mol. The highest BCUT2D eigenvalue weighted by molar-refractivity contribution is 7.15. The lowest BCUT2D eigenvalue weighted by molar-refractivity contribution is -0.384. The Balaban J connectivity index is 1.39. The van der Waals surface area contributed by atoms with Gasteiger partial charge in [-0.15, -0.1) is 16.4 Å². The van der Waals surface area contributed by atoms with E-state index >= 15 is 0 Å². The van der Waals surface area contributed by atoms with Crippen molar-refractivity contribution in [3.8, 4) is 17.0 Å². The molecule has 4 aromatic rings. The average Bonchev–Trinajstić information content (AvgIpc) is 3.33. The number of hydrogen-bond acceptors (Lipinski definition) is 8. The quantitative estimate of drug-likeness (QED) is 0.352. The third-order valence-electron chi connectivity index (χ3n) is 5.20. The van der Waals surface area contributed by atoms with Gasteiger partial charge in [0.1, 0.15) is 11.4 Å². The number of hydrogen-bond donors (Lipinski definition) is 1. The van der Waals surface area contributed by atoms with E-state index in [1.54, 1.807) is 28.8 Å². The van der Waals surface area contributed by atoms with Crippen LogP contribution in [0.3, 0.4) is 0 Å². The number of Topliss-reactive ketones (excluding diaryl/α,β-unsaturated/α-hetero) is 1. The summed E-state index contributed by atoms with van der Waals surface area (Å²) < 4.78 is 7.39. The number of carbonyl (C=O) groups excluding carboxylic acids is 2. The van der Waals surface area contributed by atoms with Crippen LogP contribution in [0, 0.1) is 10.1 Å². The largest absolute Gasteiger partial charge is 0.487 e. The number of nitrogens with zero attached hydrogens (tertiary/aromatic N) is 4. The Morgan fingerprint density at radius 3 is 2.73 bits per heavy atom. The molecule has 0 radical (unpaired) electrons. The molecule has 3 heterocycles. The number of amides is 1. The molecular weight excluding hydrogens is 446 g/mol. The van der Waals surface area contributed by atoms with E-state index in [9.17, 15) is 19.7 Å². The highest BCUT2D eigenvalue weighted by Gasteiger charge is 2.33. The minimum atomic E-state index is -0.582. The van der Waals surface area contributed by atoms with Crippen molar-refractivity contribution in [3.63, 3.8) is 0 Å². The van der Waals surface area contributed by atoms with Crippen molar-refractivity contribution in [1.82, 2.24) is 14.6 Å². The summed E-state index contributed by atoms with van der Waals surface area (Å²) in [5, 5.41) is 19.7. The summed E-state index contributed by atoms with van der Waals surface area (Å²) in [5.74, 6) is 0.0347. The Morgan fingerprint density at radius 1 is 1.24 bits per heavy atom. The van der Waals surface area contributed by atoms with Crippen LogP contribution in [0.2, 0.25) is 0 Å². The molecule has 0 atom stereocenters. The van der Waals surface area contributed by atoms with Crippen molar-refractivity contribution in [2.75, 3.05) is 5.32 Å². The highest BCUT2D eigenvalue weighted by Crippen LogP contribution is 2.33. The van der Waals surface area contributed by atoms with Gasteiger partial charge < -0.3 is 4.74 Å². The Morgan fingerprint density at radius 2 is 2.00 bits per heavy atom. The standard InChI is InChI=1S/C22H17N5O5S/c1-22(2)10-17(28)15-9-13(5-8-18(15)32-22)19(29)23-20-24-21-26(25-20)16(11-33-21)12-3-6-14(7-4-12)27(30)31/h3-9,11H,10H2,1-2H3,(H,23,25,29). The van der Waals surface area contributed by atoms with E-state index in [4.69, 9.17) is 4.74 Å². The van der Waals surface area contributed by atoms with E-state index in [2.05, 4.69) is 15.4 Å². The fraction of sp³-hybridized carbons (Fsp3) is 0.182. The lowest BCUT2D eigenvalue weighted by Gasteiger charge is -2.31. The lowest BCUT2D eigenvalue weighted by Crippen LogP contribution is -2.36. The van der Waals surface area contributed by atoms with Gasteiger partial charge in [-0.3, -0.25) is 25.0 Å². The summed E-state index contributed by atoms with van der Waals surface area (Å²) in [6.45, 7) is 3.69. The third kappa shape index (κ3) is 3.82. The van der Waals surface area contributed by atoms with E-state index in [0.717, 1.165) is 5.56 Å². The van der Waals surface area contributed by atoms with Crippen LogP contribution in [-0.4, -0.2) is 36.8 Å². The molecule has 5 rings (SSSR count). The predicted molar refractivity (Wildman–Crippen MR) is 121 cm³/mol. The van der Waals surface area contributed by atoms with Crippen molar-refractivity contribution < 1.29 is 19.2 Å². The molecule has 0 aliphatic carbocycles. The number of benzene rings is 2. The molecule has 33 heavy (non-hydrogen) atoms. The zero-order valence-corrected chi connectivity index (χ0v) is 18.4. The van der Waals surface area contributed by atoms with Gasteiger partial charge >= 0.3 is 0 Å². The van der Waals surface area contributed by atoms with Gasteiger partial charge in [-0.25, -0.2) is 4.52 Å². The van der Waals surface area contributed by atoms with Gasteiger partial charge in [0.05, 0.1) is 22.6 Å². The monoisotopic (exact) mass is 463 g/mol. The summed E-state index contributed by atoms with van der Waals surface area (Å²) >= 11 is 1.32. The van der Waals surface area contributed by atoms with Gasteiger partial charge in [-0.05, 0) is 44.2 Å². The molecule has 2 aromatic carbocycles. The van der Waals surface area contributed by atoms with Crippen LogP contribution in [0.5, 0.6) is 5.75 Å². The second-order valence-corrected chi connectivity index (χ2v) is 9.02. The zero-order chi connectivity index (χ0) is 23.3. The number of ketones is 1. The van der Waals surface area contributed by atoms with Crippen LogP contribution >= 0.6 is 11.3 Å². The van der Waals surface area contributed by atoms with E-state index in [-0.39, 0.29) is 23.8 Å². The van der Waals surface area contributed by atoms with Crippen LogP contribution in [0.15, 0.2) is 47.8 Å². The van der Waals surface area contributed by atoms with Crippen LogP contribution in [0.25, 0.3) is 16.2 Å². The van der Waals surface area contributed by atoms with Crippen molar-refractivity contribution in [2.24, 2.45) is 0 Å². The van der Waals surface area contributed by atoms with E-state index < -0.39 is 16.4 Å². The fourth-order valence-corrected chi connectivity index (χ4v) is 4.49. The summed E-state index contributed by atoms with van der Waals surface area (Å²) in [6, 6.07) is 10.8. The third-order valence-corrected chi connectivity index (χ3v) is 6.01. The van der Waals surface area contributed by atoms with Crippen LogP contribution in [-0.2, 0) is 0 Å². The number of nitro groups is 1. The first kappa shape index (κ1) is 20.8. The Hall–Kier alpha value is -4.12. The number of aromatic nitrogens is 3. The smallest absolute Gasteiger partial charge is 0.269 e. The van der Waals surface area contributed by atoms with E-state index in [1.165, 1.54) is 29.5 Å². The molecule has 1 aliphatic heterocycles. The summed E-state index contributed by atoms with van der Waals surface area (Å²) in [4.78, 5) is 40.5. The number of rotatable bonds is 4. The maximum absolute atomic E-state index is 12.8. The van der Waals surface area contributed by atoms with Crippen molar-refractivity contribution in [3.05, 3.63) is 69.1 Å². The molecule has 0 bridgehead atoms. The fourth-order valence-electron chi connectivity index (χ4n) is 3.65. The van der Waals surface area contributed by atoms with Crippen molar-refractivity contribution in [2.45, 2.75) is 25.9 Å². The van der Waals surface area contributed by atoms with Gasteiger partial charge in [-0.2, -0.15) is 4.98 Å². The normalized spacial score (nSPS) is 14.5. The highest BCUT2D eigenvalue weighted by atomic mass is 32.1. The molecule has 0 fully saturated rings. The molecule has 0 spiro atoms. The Bertz CT molecular complexity index is 1440. The van der Waals surface area contributed by atoms with Crippen molar-refractivity contribution in [1.29, 1.82) is 0 Å². The molecule has 11 heteroatoms. The molecule has 10 nitrogen and oxygen atoms in total. The number of nitro benzene ring substituents is 1. The molecule has 0 saturated carbocycles. The molecule has 2 aromatic heterocycles. The molecule has 1 amide bonds.